The number of fused-ring (bicyclic) bond motifs is 1. The molecule has 162 valence electrons. The predicted molar refractivity (Wildman–Crippen MR) is 113 cm³/mol. The number of aliphatic hydroxyl groups is 2. The second-order valence-corrected chi connectivity index (χ2v) is 7.29. The van der Waals surface area contributed by atoms with Crippen LogP contribution in [0.5, 0.6) is 5.75 Å². The molecule has 0 spiro atoms. The molecule has 0 aliphatic rings. The normalized spacial score (nSPS) is 12.3. The van der Waals surface area contributed by atoms with Crippen molar-refractivity contribution in [3.63, 3.8) is 0 Å². The van der Waals surface area contributed by atoms with Crippen LogP contribution in [0.15, 0.2) is 27.8 Å². The number of nitrogens with one attached hydrogen (secondary N) is 1. The number of hydrogen-bond acceptors (Lipinski definition) is 7. The van der Waals surface area contributed by atoms with Crippen molar-refractivity contribution >= 4 is 17.1 Å². The Bertz CT molecular complexity index is 1180. The number of hydrogen-bond donors (Lipinski definition) is 3. The van der Waals surface area contributed by atoms with Gasteiger partial charge in [-0.2, -0.15) is 4.98 Å². The van der Waals surface area contributed by atoms with Crippen LogP contribution in [0.4, 0.5) is 5.95 Å². The van der Waals surface area contributed by atoms with Gasteiger partial charge in [0, 0.05) is 20.6 Å². The number of rotatable bonds is 8. The van der Waals surface area contributed by atoms with Gasteiger partial charge in [0.2, 0.25) is 5.95 Å². The van der Waals surface area contributed by atoms with Crippen LogP contribution in [-0.2, 0) is 20.6 Å². The molecule has 0 aliphatic heterocycles. The minimum atomic E-state index is -0.944. The molecule has 3 aromatic rings. The molecule has 1 atom stereocenters. The first kappa shape index (κ1) is 21.6. The Morgan fingerprint density at radius 1 is 1.17 bits per heavy atom. The van der Waals surface area contributed by atoms with Crippen LogP contribution in [0.1, 0.15) is 11.1 Å². The van der Waals surface area contributed by atoms with Gasteiger partial charge in [-0.3, -0.25) is 13.9 Å². The average Bonchev–Trinajstić information content (AvgIpc) is 3.08. The zero-order valence-electron chi connectivity index (χ0n) is 17.5. The zero-order valence-corrected chi connectivity index (χ0v) is 17.5. The Labute approximate surface area is 173 Å². The fourth-order valence-electron chi connectivity index (χ4n) is 3.19. The van der Waals surface area contributed by atoms with E-state index in [-0.39, 0.29) is 43.4 Å². The van der Waals surface area contributed by atoms with Crippen molar-refractivity contribution in [2.75, 3.05) is 25.1 Å². The molecule has 3 N–H and O–H groups in total. The second kappa shape index (κ2) is 8.72. The van der Waals surface area contributed by atoms with E-state index < -0.39 is 17.4 Å². The number of ether oxygens (including phenoxy) is 1. The van der Waals surface area contributed by atoms with E-state index in [1.165, 1.54) is 23.2 Å². The summed E-state index contributed by atoms with van der Waals surface area (Å²) in [5.41, 5.74) is 1.61. The summed E-state index contributed by atoms with van der Waals surface area (Å²) in [5.74, 6) is 0.923. The first-order valence-corrected chi connectivity index (χ1v) is 9.63. The Balaban J connectivity index is 1.92. The second-order valence-electron chi connectivity index (χ2n) is 7.29. The number of anilines is 1. The molecule has 0 aliphatic carbocycles. The molecule has 0 amide bonds. The monoisotopic (exact) mass is 417 g/mol. The zero-order chi connectivity index (χ0) is 22.0. The van der Waals surface area contributed by atoms with E-state index in [0.29, 0.717) is 5.75 Å². The lowest BCUT2D eigenvalue weighted by atomic mass is 10.1. The van der Waals surface area contributed by atoms with Crippen molar-refractivity contribution in [1.29, 1.82) is 0 Å². The number of aliphatic hydroxyl groups excluding tert-OH is 2. The highest BCUT2D eigenvalue weighted by Gasteiger charge is 2.21. The SMILES string of the molecule is Cc1ccc(OC[C@H](O)Cn2c(NCCO)nc3c2c(=O)n(C)c(=O)n3C)cc1C. The van der Waals surface area contributed by atoms with Crippen molar-refractivity contribution < 1.29 is 14.9 Å². The van der Waals surface area contributed by atoms with Crippen molar-refractivity contribution in [3.05, 3.63) is 50.2 Å². The highest BCUT2D eigenvalue weighted by atomic mass is 16.5. The van der Waals surface area contributed by atoms with Crippen molar-refractivity contribution in [1.82, 2.24) is 18.7 Å². The van der Waals surface area contributed by atoms with E-state index in [4.69, 9.17) is 9.84 Å². The first-order chi connectivity index (χ1) is 14.2. The van der Waals surface area contributed by atoms with Crippen LogP contribution in [0.25, 0.3) is 11.2 Å². The number of nitrogens with zero attached hydrogens (tertiary/aromatic N) is 4. The molecule has 0 saturated carbocycles. The average molecular weight is 417 g/mol. The Hall–Kier alpha value is -3.11. The maximum absolute atomic E-state index is 12.7. The van der Waals surface area contributed by atoms with Gasteiger partial charge in [0.25, 0.3) is 5.56 Å². The molecule has 1 aromatic carbocycles. The lowest BCUT2D eigenvalue weighted by Gasteiger charge is -2.16. The van der Waals surface area contributed by atoms with E-state index in [0.717, 1.165) is 15.7 Å². The number of benzene rings is 1. The summed E-state index contributed by atoms with van der Waals surface area (Å²) in [6.45, 7) is 4.07. The molecule has 10 heteroatoms. The standard InChI is InChI=1S/C20H27N5O5/c1-12-5-6-15(9-13(12)2)30-11-14(27)10-25-16-17(22-19(25)21-7-8-26)23(3)20(29)24(4)18(16)28/h5-6,9,14,26-27H,7-8,10-11H2,1-4H3,(H,21,22)/t14-/m1/s1. The third-order valence-electron chi connectivity index (χ3n) is 5.06. The summed E-state index contributed by atoms with van der Waals surface area (Å²) < 4.78 is 9.48. The van der Waals surface area contributed by atoms with Gasteiger partial charge in [-0.25, -0.2) is 4.79 Å². The van der Waals surface area contributed by atoms with Crippen molar-refractivity contribution in [2.45, 2.75) is 26.5 Å². The summed E-state index contributed by atoms with van der Waals surface area (Å²) in [5, 5.41) is 22.6. The molecule has 3 rings (SSSR count). The lowest BCUT2D eigenvalue weighted by molar-refractivity contribution is 0.0937. The summed E-state index contributed by atoms with van der Waals surface area (Å²) in [6, 6.07) is 5.68. The molecule has 0 unspecified atom stereocenters. The minimum absolute atomic E-state index is 0.00763. The van der Waals surface area contributed by atoms with Crippen molar-refractivity contribution in [3.8, 4) is 5.75 Å². The maximum Gasteiger partial charge on any atom is 0.332 e. The molecule has 2 aromatic heterocycles. The van der Waals surface area contributed by atoms with Gasteiger partial charge in [-0.15, -0.1) is 0 Å². The van der Waals surface area contributed by atoms with Gasteiger partial charge in [0.15, 0.2) is 11.2 Å². The van der Waals surface area contributed by atoms with Crippen LogP contribution < -0.4 is 21.3 Å². The molecule has 30 heavy (non-hydrogen) atoms. The predicted octanol–water partition coefficient (Wildman–Crippen LogP) is -0.105. The summed E-state index contributed by atoms with van der Waals surface area (Å²) in [4.78, 5) is 29.3. The third kappa shape index (κ3) is 4.10. The smallest absolute Gasteiger partial charge is 0.332 e. The van der Waals surface area contributed by atoms with Gasteiger partial charge >= 0.3 is 5.69 Å². The van der Waals surface area contributed by atoms with E-state index >= 15 is 0 Å². The largest absolute Gasteiger partial charge is 0.491 e. The van der Waals surface area contributed by atoms with E-state index in [2.05, 4.69) is 10.3 Å². The molecule has 0 saturated heterocycles. The summed E-state index contributed by atoms with van der Waals surface area (Å²) in [6.07, 6.45) is -0.944. The highest BCUT2D eigenvalue weighted by molar-refractivity contribution is 5.74. The molecule has 10 nitrogen and oxygen atoms in total. The fraction of sp³-hybridized carbons (Fsp3) is 0.450. The van der Waals surface area contributed by atoms with Gasteiger partial charge < -0.3 is 24.8 Å². The van der Waals surface area contributed by atoms with E-state index in [1.807, 2.05) is 32.0 Å². The van der Waals surface area contributed by atoms with Crippen LogP contribution in [-0.4, -0.2) is 54.8 Å². The maximum atomic E-state index is 12.7. The molecule has 2 heterocycles. The summed E-state index contributed by atoms with van der Waals surface area (Å²) >= 11 is 0. The third-order valence-corrected chi connectivity index (χ3v) is 5.06. The minimum Gasteiger partial charge on any atom is -0.491 e. The summed E-state index contributed by atoms with van der Waals surface area (Å²) in [7, 11) is 2.91. The van der Waals surface area contributed by atoms with Crippen molar-refractivity contribution in [2.24, 2.45) is 14.1 Å². The molecular formula is C20H27N5O5. The van der Waals surface area contributed by atoms with Crippen LogP contribution in [0, 0.1) is 13.8 Å². The number of aromatic nitrogens is 4. The first-order valence-electron chi connectivity index (χ1n) is 9.63. The van der Waals surface area contributed by atoms with Crippen LogP contribution in [0.2, 0.25) is 0 Å². The topological polar surface area (TPSA) is 124 Å². The molecule has 0 radical (unpaired) electrons. The van der Waals surface area contributed by atoms with Gasteiger partial charge in [-0.1, -0.05) is 6.07 Å². The highest BCUT2D eigenvalue weighted by Crippen LogP contribution is 2.18. The number of aryl methyl sites for hydroxylation is 3. The molecule has 0 fully saturated rings. The molecule has 0 bridgehead atoms. The van der Waals surface area contributed by atoms with Crippen LogP contribution in [0.3, 0.4) is 0 Å². The van der Waals surface area contributed by atoms with E-state index in [1.54, 1.807) is 0 Å². The fourth-order valence-corrected chi connectivity index (χ4v) is 3.19. The quantitative estimate of drug-likeness (QED) is 0.467. The Morgan fingerprint density at radius 3 is 2.57 bits per heavy atom. The van der Waals surface area contributed by atoms with Crippen LogP contribution >= 0.6 is 0 Å². The van der Waals surface area contributed by atoms with Gasteiger partial charge in [0.05, 0.1) is 13.2 Å². The Morgan fingerprint density at radius 2 is 1.90 bits per heavy atom. The van der Waals surface area contributed by atoms with Gasteiger partial charge in [0.1, 0.15) is 18.5 Å². The number of imidazole rings is 1. The van der Waals surface area contributed by atoms with Gasteiger partial charge in [-0.05, 0) is 37.1 Å². The lowest BCUT2D eigenvalue weighted by Crippen LogP contribution is -2.38. The Kier molecular flexibility index (Phi) is 6.28. The van der Waals surface area contributed by atoms with E-state index in [9.17, 15) is 14.7 Å². The molecular weight excluding hydrogens is 390 g/mol.